The SMILES string of the molecule is CCC(C)(C(NC)c1ccc(F)c(F)c1)N(C)C. The molecule has 2 nitrogen and oxygen atoms in total. The van der Waals surface area contributed by atoms with Gasteiger partial charge in [0, 0.05) is 5.54 Å². The molecule has 0 aromatic heterocycles. The first-order valence-electron chi connectivity index (χ1n) is 6.16. The number of hydrogen-bond acceptors (Lipinski definition) is 2. The molecule has 0 saturated carbocycles. The maximum atomic E-state index is 13.4. The molecule has 0 fully saturated rings. The Morgan fingerprint density at radius 2 is 1.89 bits per heavy atom. The van der Waals surface area contributed by atoms with Gasteiger partial charge in [-0.15, -0.1) is 0 Å². The molecule has 0 saturated heterocycles. The van der Waals surface area contributed by atoms with E-state index in [0.717, 1.165) is 12.0 Å². The first-order chi connectivity index (χ1) is 8.36. The molecule has 1 aromatic carbocycles. The van der Waals surface area contributed by atoms with Crippen molar-refractivity contribution in [3.8, 4) is 0 Å². The number of nitrogens with zero attached hydrogens (tertiary/aromatic N) is 1. The predicted octanol–water partition coefficient (Wildman–Crippen LogP) is 2.96. The van der Waals surface area contributed by atoms with E-state index in [4.69, 9.17) is 0 Å². The zero-order valence-electron chi connectivity index (χ0n) is 11.7. The van der Waals surface area contributed by atoms with Crippen molar-refractivity contribution in [2.45, 2.75) is 31.8 Å². The second kappa shape index (κ2) is 5.76. The van der Waals surface area contributed by atoms with Crippen LogP contribution in [0.25, 0.3) is 0 Å². The first-order valence-corrected chi connectivity index (χ1v) is 6.16. The van der Waals surface area contributed by atoms with E-state index in [1.54, 1.807) is 6.07 Å². The average molecular weight is 256 g/mol. The average Bonchev–Trinajstić information content (AvgIpc) is 2.33. The van der Waals surface area contributed by atoms with Crippen LogP contribution in [0.2, 0.25) is 0 Å². The van der Waals surface area contributed by atoms with E-state index < -0.39 is 11.6 Å². The van der Waals surface area contributed by atoms with Crippen LogP contribution in [0, 0.1) is 11.6 Å². The zero-order valence-corrected chi connectivity index (χ0v) is 11.7. The Bertz CT molecular complexity index is 407. The molecular formula is C14H22F2N2. The Labute approximate surface area is 108 Å². The monoisotopic (exact) mass is 256 g/mol. The highest BCUT2D eigenvalue weighted by Crippen LogP contribution is 2.32. The molecule has 0 radical (unpaired) electrons. The van der Waals surface area contributed by atoms with Gasteiger partial charge >= 0.3 is 0 Å². The normalized spacial score (nSPS) is 16.7. The lowest BCUT2D eigenvalue weighted by Gasteiger charge is -2.43. The molecule has 1 aromatic rings. The van der Waals surface area contributed by atoms with E-state index >= 15 is 0 Å². The van der Waals surface area contributed by atoms with Crippen molar-refractivity contribution >= 4 is 0 Å². The van der Waals surface area contributed by atoms with Crippen molar-refractivity contribution in [3.63, 3.8) is 0 Å². The third-order valence-electron chi connectivity index (χ3n) is 3.92. The summed E-state index contributed by atoms with van der Waals surface area (Å²) in [6.45, 7) is 4.19. The summed E-state index contributed by atoms with van der Waals surface area (Å²) in [7, 11) is 5.82. The van der Waals surface area contributed by atoms with Crippen LogP contribution in [-0.2, 0) is 0 Å². The van der Waals surface area contributed by atoms with Crippen molar-refractivity contribution < 1.29 is 8.78 Å². The fraction of sp³-hybridized carbons (Fsp3) is 0.571. The van der Waals surface area contributed by atoms with Gasteiger partial charge in [0.25, 0.3) is 0 Å². The third kappa shape index (κ3) is 2.70. The molecule has 18 heavy (non-hydrogen) atoms. The molecule has 0 bridgehead atoms. The summed E-state index contributed by atoms with van der Waals surface area (Å²) in [4.78, 5) is 2.11. The van der Waals surface area contributed by atoms with Crippen LogP contribution in [0.1, 0.15) is 31.9 Å². The van der Waals surface area contributed by atoms with Crippen LogP contribution >= 0.6 is 0 Å². The fourth-order valence-corrected chi connectivity index (χ4v) is 2.31. The Balaban J connectivity index is 3.20. The van der Waals surface area contributed by atoms with Gasteiger partial charge in [0.1, 0.15) is 0 Å². The van der Waals surface area contributed by atoms with Crippen LogP contribution in [0.4, 0.5) is 8.78 Å². The number of likely N-dealkylation sites (N-methyl/N-ethyl adjacent to an activating group) is 2. The smallest absolute Gasteiger partial charge is 0.159 e. The predicted molar refractivity (Wildman–Crippen MR) is 70.5 cm³/mol. The van der Waals surface area contributed by atoms with Crippen molar-refractivity contribution in [2.75, 3.05) is 21.1 Å². The summed E-state index contributed by atoms with van der Waals surface area (Å²) in [6, 6.07) is 4.03. The van der Waals surface area contributed by atoms with Gasteiger partial charge in [-0.25, -0.2) is 8.78 Å². The van der Waals surface area contributed by atoms with Gasteiger partial charge in [-0.2, -0.15) is 0 Å². The van der Waals surface area contributed by atoms with Gasteiger partial charge < -0.3 is 10.2 Å². The van der Waals surface area contributed by atoms with Crippen LogP contribution in [0.3, 0.4) is 0 Å². The van der Waals surface area contributed by atoms with Crippen molar-refractivity contribution in [1.29, 1.82) is 0 Å². The highest BCUT2D eigenvalue weighted by atomic mass is 19.2. The van der Waals surface area contributed by atoms with Crippen molar-refractivity contribution in [2.24, 2.45) is 0 Å². The van der Waals surface area contributed by atoms with E-state index in [2.05, 4.69) is 24.1 Å². The first kappa shape index (κ1) is 15.1. The summed E-state index contributed by atoms with van der Waals surface area (Å²) >= 11 is 0. The lowest BCUT2D eigenvalue weighted by atomic mass is 9.83. The largest absolute Gasteiger partial charge is 0.311 e. The molecule has 0 spiro atoms. The Morgan fingerprint density at radius 3 is 2.28 bits per heavy atom. The molecule has 102 valence electrons. The lowest BCUT2D eigenvalue weighted by Crippen LogP contribution is -2.50. The maximum Gasteiger partial charge on any atom is 0.159 e. The lowest BCUT2D eigenvalue weighted by molar-refractivity contribution is 0.116. The molecule has 2 unspecified atom stereocenters. The number of nitrogens with one attached hydrogen (secondary N) is 1. The van der Waals surface area contributed by atoms with Gasteiger partial charge in [0.05, 0.1) is 6.04 Å². The minimum Gasteiger partial charge on any atom is -0.311 e. The summed E-state index contributed by atoms with van der Waals surface area (Å²) in [5.74, 6) is -1.61. The van der Waals surface area contributed by atoms with E-state index in [-0.39, 0.29) is 11.6 Å². The highest BCUT2D eigenvalue weighted by Gasteiger charge is 2.35. The third-order valence-corrected chi connectivity index (χ3v) is 3.92. The zero-order chi connectivity index (χ0) is 13.9. The summed E-state index contributed by atoms with van der Waals surface area (Å²) < 4.78 is 26.3. The standard InChI is InChI=1S/C14H22F2N2/c1-6-14(2,18(4)5)13(17-3)10-7-8-11(15)12(16)9-10/h7-9,13,17H,6H2,1-5H3. The van der Waals surface area contributed by atoms with E-state index in [1.165, 1.54) is 12.1 Å². The summed E-state index contributed by atoms with van der Waals surface area (Å²) in [5.41, 5.74) is 0.591. The molecule has 1 N–H and O–H groups in total. The van der Waals surface area contributed by atoms with Gasteiger partial charge in [0.2, 0.25) is 0 Å². The summed E-state index contributed by atoms with van der Waals surface area (Å²) in [5, 5.41) is 3.21. The molecular weight excluding hydrogens is 234 g/mol. The van der Waals surface area contributed by atoms with Gasteiger partial charge in [-0.3, -0.25) is 0 Å². The minimum absolute atomic E-state index is 0.0624. The number of hydrogen-bond donors (Lipinski definition) is 1. The molecule has 2 atom stereocenters. The molecule has 4 heteroatoms. The summed E-state index contributed by atoms with van der Waals surface area (Å²) in [6.07, 6.45) is 0.893. The Hall–Kier alpha value is -1.00. The molecule has 0 aliphatic heterocycles. The number of benzene rings is 1. The Morgan fingerprint density at radius 1 is 1.28 bits per heavy atom. The second-order valence-corrected chi connectivity index (χ2v) is 5.00. The fourth-order valence-electron chi connectivity index (χ4n) is 2.31. The highest BCUT2D eigenvalue weighted by molar-refractivity contribution is 5.24. The minimum atomic E-state index is -0.809. The van der Waals surface area contributed by atoms with Crippen molar-refractivity contribution in [1.82, 2.24) is 10.2 Å². The van der Waals surface area contributed by atoms with E-state index in [0.29, 0.717) is 0 Å². The molecule has 0 heterocycles. The van der Waals surface area contributed by atoms with Gasteiger partial charge in [-0.05, 0) is 52.2 Å². The van der Waals surface area contributed by atoms with Crippen LogP contribution < -0.4 is 5.32 Å². The van der Waals surface area contributed by atoms with Crippen molar-refractivity contribution in [3.05, 3.63) is 35.4 Å². The van der Waals surface area contributed by atoms with Gasteiger partial charge in [0.15, 0.2) is 11.6 Å². The quantitative estimate of drug-likeness (QED) is 0.871. The molecule has 1 rings (SSSR count). The maximum absolute atomic E-state index is 13.4. The van der Waals surface area contributed by atoms with Gasteiger partial charge in [-0.1, -0.05) is 13.0 Å². The second-order valence-electron chi connectivity index (χ2n) is 5.00. The van der Waals surface area contributed by atoms with E-state index in [9.17, 15) is 8.78 Å². The van der Waals surface area contributed by atoms with Crippen LogP contribution in [-0.4, -0.2) is 31.6 Å². The molecule has 0 aliphatic carbocycles. The van der Waals surface area contributed by atoms with E-state index in [1.807, 2.05) is 21.1 Å². The molecule has 0 amide bonds. The van der Waals surface area contributed by atoms with Crippen LogP contribution in [0.15, 0.2) is 18.2 Å². The molecule has 0 aliphatic rings. The number of halogens is 2. The Kier molecular flexibility index (Phi) is 4.82. The van der Waals surface area contributed by atoms with Crippen LogP contribution in [0.5, 0.6) is 0 Å². The number of rotatable bonds is 5. The topological polar surface area (TPSA) is 15.3 Å².